The number of benzene rings is 2. The number of thioether (sulfide) groups is 1. The van der Waals surface area contributed by atoms with Crippen LogP contribution >= 0.6 is 11.8 Å². The summed E-state index contributed by atoms with van der Waals surface area (Å²) in [4.78, 5) is 23.9. The fraction of sp³-hybridized carbons (Fsp3) is 0.0625. The van der Waals surface area contributed by atoms with Gasteiger partial charge >= 0.3 is 5.97 Å². The maximum atomic E-state index is 12.2. The minimum atomic E-state index is -1.13. The van der Waals surface area contributed by atoms with Gasteiger partial charge in [-0.2, -0.15) is 0 Å². The third kappa shape index (κ3) is 4.88. The van der Waals surface area contributed by atoms with Crippen LogP contribution in [0.5, 0.6) is 5.75 Å². The van der Waals surface area contributed by atoms with Gasteiger partial charge in [0.1, 0.15) is 5.69 Å². The van der Waals surface area contributed by atoms with Gasteiger partial charge in [-0.15, -0.1) is 16.9 Å². The van der Waals surface area contributed by atoms with Crippen molar-refractivity contribution in [2.45, 2.75) is 4.90 Å². The number of carboxylic acid groups (broad SMARTS) is 1. The second-order valence-corrected chi connectivity index (χ2v) is 5.94. The van der Waals surface area contributed by atoms with Crippen LogP contribution in [-0.4, -0.2) is 33.7 Å². The molecule has 25 heavy (non-hydrogen) atoms. The van der Waals surface area contributed by atoms with Gasteiger partial charge in [-0.3, -0.25) is 10.2 Å². The molecule has 2 aromatic carbocycles. The number of amides is 1. The van der Waals surface area contributed by atoms with Crippen LogP contribution in [0.1, 0.15) is 20.7 Å². The molecule has 0 atom stereocenters. The number of anilines is 1. The van der Waals surface area contributed by atoms with E-state index in [-0.39, 0.29) is 28.6 Å². The highest BCUT2D eigenvalue weighted by molar-refractivity contribution is 8.00. The number of aromatic carboxylic acids is 1. The number of hydrogen-bond donors (Lipinski definition) is 4. The third-order valence-corrected chi connectivity index (χ3v) is 4.17. The Kier molecular flexibility index (Phi) is 5.85. The molecule has 0 radical (unpaired) electrons. The fourth-order valence-corrected chi connectivity index (χ4v) is 2.56. The van der Waals surface area contributed by atoms with Crippen molar-refractivity contribution in [3.05, 3.63) is 53.6 Å². The predicted octanol–water partition coefficient (Wildman–Crippen LogP) is 3.18. The van der Waals surface area contributed by atoms with Gasteiger partial charge in [0.15, 0.2) is 5.84 Å². The zero-order chi connectivity index (χ0) is 18.4. The predicted molar refractivity (Wildman–Crippen MR) is 94.5 cm³/mol. The fourth-order valence-electron chi connectivity index (χ4n) is 1.87. The lowest BCUT2D eigenvalue weighted by Gasteiger charge is -2.07. The molecule has 0 fully saturated rings. The van der Waals surface area contributed by atoms with Gasteiger partial charge in [0.05, 0.1) is 17.4 Å². The van der Waals surface area contributed by atoms with Gasteiger partial charge < -0.3 is 15.5 Å². The summed E-state index contributed by atoms with van der Waals surface area (Å²) in [6, 6.07) is 10.5. The van der Waals surface area contributed by atoms with Crippen molar-refractivity contribution in [2.24, 2.45) is 5.11 Å². The summed E-state index contributed by atoms with van der Waals surface area (Å²) in [6.07, 6.45) is 0. The first kappa shape index (κ1) is 18.1. The van der Waals surface area contributed by atoms with Crippen LogP contribution in [0, 0.1) is 10.9 Å². The van der Waals surface area contributed by atoms with Crippen molar-refractivity contribution in [1.29, 1.82) is 10.9 Å². The Morgan fingerprint density at radius 2 is 1.80 bits per heavy atom. The van der Waals surface area contributed by atoms with Gasteiger partial charge in [-0.25, -0.2) is 10.3 Å². The molecular weight excluding hydrogens is 344 g/mol. The first-order valence-electron chi connectivity index (χ1n) is 6.98. The molecule has 128 valence electrons. The minimum Gasteiger partial charge on any atom is -0.592 e. The lowest BCUT2D eigenvalue weighted by atomic mass is 10.1. The van der Waals surface area contributed by atoms with Crippen molar-refractivity contribution in [2.75, 3.05) is 11.1 Å². The first-order valence-corrected chi connectivity index (χ1v) is 7.97. The number of amidine groups is 1. The summed E-state index contributed by atoms with van der Waals surface area (Å²) in [5, 5.41) is 29.5. The highest BCUT2D eigenvalue weighted by Crippen LogP contribution is 2.25. The molecule has 0 aliphatic carbocycles. The van der Waals surface area contributed by atoms with Gasteiger partial charge in [0.2, 0.25) is 0 Å². The average molecular weight is 359 g/mol. The standard InChI is InChI=1S/C16H14N4O4S/c17-14(20-18)8-25-11-4-1-9(2-5-11)15(22)19-12-6-3-10(16(23)24)7-13(12)21/h1-7,17-18,21H,8H2,(H,19,22)(H,23,24)/p+1. The number of carboxylic acids is 1. The van der Waals surface area contributed by atoms with Crippen LogP contribution in [-0.2, 0) is 0 Å². The number of carbonyl (C=O) groups excluding carboxylic acids is 1. The molecule has 8 nitrogen and oxygen atoms in total. The van der Waals surface area contributed by atoms with E-state index in [2.05, 4.69) is 10.4 Å². The van der Waals surface area contributed by atoms with Crippen molar-refractivity contribution in [1.82, 2.24) is 0 Å². The largest absolute Gasteiger partial charge is 0.592 e. The molecule has 9 heteroatoms. The van der Waals surface area contributed by atoms with E-state index in [0.29, 0.717) is 5.56 Å². The molecule has 0 aliphatic rings. The van der Waals surface area contributed by atoms with Crippen LogP contribution in [0.3, 0.4) is 0 Å². The first-order chi connectivity index (χ1) is 11.9. The van der Waals surface area contributed by atoms with Crippen LogP contribution in [0.25, 0.3) is 0 Å². The minimum absolute atomic E-state index is 0.0191. The molecule has 2 rings (SSSR count). The third-order valence-electron chi connectivity index (χ3n) is 3.14. The molecular formula is C16H15N4O4S+. The Morgan fingerprint density at radius 1 is 1.16 bits per heavy atom. The lowest BCUT2D eigenvalue weighted by Crippen LogP contribution is -2.12. The second kappa shape index (κ2) is 8.06. The van der Waals surface area contributed by atoms with Gasteiger partial charge in [-0.05, 0) is 36.4 Å². The van der Waals surface area contributed by atoms with Gasteiger partial charge in [0, 0.05) is 10.5 Å². The quantitative estimate of drug-likeness (QED) is 0.206. The summed E-state index contributed by atoms with van der Waals surface area (Å²) >= 11 is 1.33. The summed E-state index contributed by atoms with van der Waals surface area (Å²) in [5.41, 5.74) is 7.29. The zero-order valence-corrected chi connectivity index (χ0v) is 13.7. The van der Waals surface area contributed by atoms with E-state index in [1.807, 2.05) is 0 Å². The highest BCUT2D eigenvalue weighted by Gasteiger charge is 2.14. The molecule has 0 aliphatic heterocycles. The summed E-state index contributed by atoms with van der Waals surface area (Å²) in [6.45, 7) is 0. The molecule has 0 bridgehead atoms. The second-order valence-electron chi connectivity index (χ2n) is 4.89. The van der Waals surface area contributed by atoms with Crippen molar-refractivity contribution < 1.29 is 19.8 Å². The molecule has 2 aromatic rings. The smallest absolute Gasteiger partial charge is 0.336 e. The number of hydrogen-bond acceptors (Lipinski definition) is 5. The Balaban J connectivity index is 2.04. The number of rotatable bonds is 6. The van der Waals surface area contributed by atoms with E-state index >= 15 is 0 Å². The molecule has 0 unspecified atom stereocenters. The number of nitrogens with one attached hydrogen (secondary N) is 3. The maximum Gasteiger partial charge on any atom is 0.336 e. The monoisotopic (exact) mass is 359 g/mol. The van der Waals surface area contributed by atoms with Gasteiger partial charge in [-0.1, -0.05) is 0 Å². The van der Waals surface area contributed by atoms with Crippen LogP contribution < -0.4 is 5.32 Å². The number of carbonyl (C=O) groups is 2. The molecule has 0 aromatic heterocycles. The maximum absolute atomic E-state index is 12.2. The summed E-state index contributed by atoms with van der Waals surface area (Å²) < 4.78 is 0. The van der Waals surface area contributed by atoms with E-state index in [1.54, 1.807) is 24.3 Å². The van der Waals surface area contributed by atoms with E-state index < -0.39 is 11.9 Å². The van der Waals surface area contributed by atoms with Crippen LogP contribution in [0.2, 0.25) is 0 Å². The van der Waals surface area contributed by atoms with Crippen LogP contribution in [0.4, 0.5) is 5.69 Å². The van der Waals surface area contributed by atoms with Gasteiger partial charge in [0.25, 0.3) is 11.7 Å². The Morgan fingerprint density at radius 3 is 2.36 bits per heavy atom. The Bertz CT molecular complexity index is 837. The van der Waals surface area contributed by atoms with E-state index in [1.165, 1.54) is 30.0 Å². The highest BCUT2D eigenvalue weighted by atomic mass is 32.2. The molecule has 6 N–H and O–H groups in total. The average Bonchev–Trinajstić information content (AvgIpc) is 2.61. The SMILES string of the molecule is N=NC(=N)CSc1ccc(C(=O)Nc2ccc(C(=O)O)cc2[OH2+])cc1. The topological polar surface area (TPSA) is 149 Å². The molecule has 0 heterocycles. The zero-order valence-electron chi connectivity index (χ0n) is 12.9. The van der Waals surface area contributed by atoms with E-state index in [9.17, 15) is 9.59 Å². The Hall–Kier alpha value is -3.20. The lowest BCUT2D eigenvalue weighted by molar-refractivity contribution is 0.0696. The summed E-state index contributed by atoms with van der Waals surface area (Å²) in [5.74, 6) is -1.40. The molecule has 1 amide bonds. The summed E-state index contributed by atoms with van der Waals surface area (Å²) in [7, 11) is 0. The van der Waals surface area contributed by atoms with Crippen LogP contribution in [0.15, 0.2) is 52.5 Å². The normalized spacial score (nSPS) is 10.1. The van der Waals surface area contributed by atoms with Crippen molar-refractivity contribution >= 4 is 35.2 Å². The molecule has 0 saturated carbocycles. The van der Waals surface area contributed by atoms with Crippen molar-refractivity contribution in [3.8, 4) is 5.75 Å². The number of nitrogens with zero attached hydrogens (tertiary/aromatic N) is 1. The molecule has 0 saturated heterocycles. The molecule has 0 spiro atoms. The van der Waals surface area contributed by atoms with E-state index in [0.717, 1.165) is 4.90 Å². The van der Waals surface area contributed by atoms with E-state index in [4.69, 9.17) is 21.2 Å². The Labute approximate surface area is 146 Å². The van der Waals surface area contributed by atoms with Crippen molar-refractivity contribution in [3.63, 3.8) is 0 Å².